The lowest BCUT2D eigenvalue weighted by Crippen LogP contribution is -2.34. The van der Waals surface area contributed by atoms with Crippen molar-refractivity contribution >= 4 is 17.7 Å². The first kappa shape index (κ1) is 16.8. The summed E-state index contributed by atoms with van der Waals surface area (Å²) in [5, 5.41) is 2.93. The number of nitrogens with two attached hydrogens (primary N) is 1. The molecule has 0 fully saturated rings. The van der Waals surface area contributed by atoms with E-state index < -0.39 is 0 Å². The van der Waals surface area contributed by atoms with Gasteiger partial charge in [0.1, 0.15) is 0 Å². The van der Waals surface area contributed by atoms with Crippen LogP contribution in [0.5, 0.6) is 0 Å². The minimum absolute atomic E-state index is 0.0278. The molecule has 0 bridgehead atoms. The molecular formula is C13H28N2OS. The molecule has 0 radical (unpaired) electrons. The average molecular weight is 260 g/mol. The smallest absolute Gasteiger partial charge is 0.221 e. The van der Waals surface area contributed by atoms with Crippen LogP contribution in [0.2, 0.25) is 0 Å². The van der Waals surface area contributed by atoms with Gasteiger partial charge in [0.05, 0.1) is 0 Å². The van der Waals surface area contributed by atoms with Crippen LogP contribution in [0.4, 0.5) is 0 Å². The first-order valence-electron chi connectivity index (χ1n) is 6.45. The fourth-order valence-electron chi connectivity index (χ4n) is 1.72. The zero-order valence-electron chi connectivity index (χ0n) is 11.7. The monoisotopic (exact) mass is 260 g/mol. The van der Waals surface area contributed by atoms with E-state index in [1.165, 1.54) is 0 Å². The molecule has 0 aromatic rings. The second-order valence-corrected chi connectivity index (χ2v) is 7.02. The minimum atomic E-state index is -0.0278. The highest BCUT2D eigenvalue weighted by atomic mass is 32.2. The first-order valence-corrected chi connectivity index (χ1v) is 7.60. The third-order valence-electron chi connectivity index (χ3n) is 2.31. The Bertz CT molecular complexity index is 214. The Morgan fingerprint density at radius 1 is 1.41 bits per heavy atom. The van der Waals surface area contributed by atoms with E-state index >= 15 is 0 Å². The van der Waals surface area contributed by atoms with Crippen LogP contribution in [0.25, 0.3) is 0 Å². The summed E-state index contributed by atoms with van der Waals surface area (Å²) in [6.45, 7) is 9.36. The van der Waals surface area contributed by atoms with E-state index in [1.54, 1.807) is 0 Å². The standard InChI is InChI=1S/C13H28N2OS/c1-5-17-8-6-7-15-12(16)9-11(14)10-13(2,3)4/h11H,5-10,14H2,1-4H3,(H,15,16). The van der Waals surface area contributed by atoms with E-state index in [0.29, 0.717) is 6.42 Å². The molecular weight excluding hydrogens is 232 g/mol. The van der Waals surface area contributed by atoms with Gasteiger partial charge in [-0.3, -0.25) is 4.79 Å². The summed E-state index contributed by atoms with van der Waals surface area (Å²) < 4.78 is 0. The summed E-state index contributed by atoms with van der Waals surface area (Å²) in [4.78, 5) is 11.6. The number of carbonyl (C=O) groups excluding carboxylic acids is 1. The largest absolute Gasteiger partial charge is 0.356 e. The normalized spacial score (nSPS) is 13.5. The number of nitrogens with one attached hydrogen (secondary N) is 1. The molecule has 3 N–H and O–H groups in total. The molecule has 102 valence electrons. The van der Waals surface area contributed by atoms with Crippen LogP contribution in [0.15, 0.2) is 0 Å². The van der Waals surface area contributed by atoms with Crippen molar-refractivity contribution < 1.29 is 4.79 Å². The molecule has 0 aromatic carbocycles. The first-order chi connectivity index (χ1) is 7.85. The topological polar surface area (TPSA) is 55.1 Å². The van der Waals surface area contributed by atoms with Crippen LogP contribution in [0.3, 0.4) is 0 Å². The Hall–Kier alpha value is -0.220. The molecule has 0 spiro atoms. The van der Waals surface area contributed by atoms with Crippen LogP contribution in [0.1, 0.15) is 47.0 Å². The van der Waals surface area contributed by atoms with Gasteiger partial charge in [-0.25, -0.2) is 0 Å². The lowest BCUT2D eigenvalue weighted by Gasteiger charge is -2.22. The molecule has 1 amide bonds. The lowest BCUT2D eigenvalue weighted by atomic mass is 9.87. The maximum Gasteiger partial charge on any atom is 0.221 e. The summed E-state index contributed by atoms with van der Waals surface area (Å²) in [5.74, 6) is 2.35. The Kier molecular flexibility index (Phi) is 8.70. The molecule has 1 atom stereocenters. The van der Waals surface area contributed by atoms with Gasteiger partial charge in [-0.2, -0.15) is 11.8 Å². The van der Waals surface area contributed by atoms with Crippen molar-refractivity contribution in [3.63, 3.8) is 0 Å². The van der Waals surface area contributed by atoms with Crippen molar-refractivity contribution in [2.45, 2.75) is 53.0 Å². The fourth-order valence-corrected chi connectivity index (χ4v) is 2.35. The maximum atomic E-state index is 11.6. The van der Waals surface area contributed by atoms with Gasteiger partial charge in [0, 0.05) is 19.0 Å². The van der Waals surface area contributed by atoms with E-state index in [4.69, 9.17) is 5.73 Å². The molecule has 0 rings (SSSR count). The van der Waals surface area contributed by atoms with Crippen LogP contribution >= 0.6 is 11.8 Å². The zero-order chi connectivity index (χ0) is 13.3. The number of carbonyl (C=O) groups is 1. The van der Waals surface area contributed by atoms with Crippen molar-refractivity contribution in [3.8, 4) is 0 Å². The number of hydrogen-bond acceptors (Lipinski definition) is 3. The third-order valence-corrected chi connectivity index (χ3v) is 3.30. The second kappa shape index (κ2) is 8.81. The molecule has 0 saturated carbocycles. The van der Waals surface area contributed by atoms with E-state index in [2.05, 4.69) is 33.0 Å². The SMILES string of the molecule is CCSCCCNC(=O)CC(N)CC(C)(C)C. The van der Waals surface area contributed by atoms with Gasteiger partial charge in [-0.15, -0.1) is 0 Å². The highest BCUT2D eigenvalue weighted by molar-refractivity contribution is 7.99. The molecule has 0 aliphatic carbocycles. The molecule has 3 nitrogen and oxygen atoms in total. The minimum Gasteiger partial charge on any atom is -0.356 e. The van der Waals surface area contributed by atoms with Gasteiger partial charge in [0.2, 0.25) is 5.91 Å². The molecule has 17 heavy (non-hydrogen) atoms. The van der Waals surface area contributed by atoms with Crippen LogP contribution < -0.4 is 11.1 Å². The predicted molar refractivity (Wildman–Crippen MR) is 77.3 cm³/mol. The van der Waals surface area contributed by atoms with Gasteiger partial charge in [-0.1, -0.05) is 27.7 Å². The van der Waals surface area contributed by atoms with Gasteiger partial charge in [0.25, 0.3) is 0 Å². The zero-order valence-corrected chi connectivity index (χ0v) is 12.5. The summed E-state index contributed by atoms with van der Waals surface area (Å²) >= 11 is 1.91. The maximum absolute atomic E-state index is 11.6. The molecule has 0 heterocycles. The van der Waals surface area contributed by atoms with Crippen LogP contribution in [0, 0.1) is 5.41 Å². The van der Waals surface area contributed by atoms with Gasteiger partial charge in [0.15, 0.2) is 0 Å². The third kappa shape index (κ3) is 12.0. The highest BCUT2D eigenvalue weighted by Crippen LogP contribution is 2.20. The Morgan fingerprint density at radius 2 is 2.06 bits per heavy atom. The quantitative estimate of drug-likeness (QED) is 0.659. The summed E-state index contributed by atoms with van der Waals surface area (Å²) in [5.41, 5.74) is 6.14. The van der Waals surface area contributed by atoms with Crippen molar-refractivity contribution in [2.24, 2.45) is 11.1 Å². The number of hydrogen-bond donors (Lipinski definition) is 2. The molecule has 0 saturated heterocycles. The molecule has 0 aliphatic rings. The van der Waals surface area contributed by atoms with Crippen molar-refractivity contribution in [3.05, 3.63) is 0 Å². The van der Waals surface area contributed by atoms with E-state index in [-0.39, 0.29) is 17.4 Å². The molecule has 4 heteroatoms. The van der Waals surface area contributed by atoms with Crippen molar-refractivity contribution in [1.29, 1.82) is 0 Å². The summed E-state index contributed by atoms with van der Waals surface area (Å²) in [7, 11) is 0. The van der Waals surface area contributed by atoms with E-state index in [9.17, 15) is 4.79 Å². The lowest BCUT2D eigenvalue weighted by molar-refractivity contribution is -0.121. The summed E-state index contributed by atoms with van der Waals surface area (Å²) in [6, 6.07) is -0.0278. The highest BCUT2D eigenvalue weighted by Gasteiger charge is 2.17. The van der Waals surface area contributed by atoms with Crippen molar-refractivity contribution in [1.82, 2.24) is 5.32 Å². The van der Waals surface area contributed by atoms with Gasteiger partial charge >= 0.3 is 0 Å². The average Bonchev–Trinajstić information content (AvgIpc) is 2.14. The van der Waals surface area contributed by atoms with E-state index in [1.807, 2.05) is 11.8 Å². The number of thioether (sulfide) groups is 1. The second-order valence-electron chi connectivity index (χ2n) is 5.63. The Morgan fingerprint density at radius 3 is 2.59 bits per heavy atom. The fraction of sp³-hybridized carbons (Fsp3) is 0.923. The number of amides is 1. The summed E-state index contributed by atoms with van der Waals surface area (Å²) in [6.07, 6.45) is 2.36. The van der Waals surface area contributed by atoms with E-state index in [0.717, 1.165) is 30.9 Å². The number of rotatable bonds is 8. The molecule has 0 aliphatic heterocycles. The predicted octanol–water partition coefficient (Wildman–Crippen LogP) is 2.40. The Labute approximate surface area is 110 Å². The molecule has 1 unspecified atom stereocenters. The van der Waals surface area contributed by atoms with Crippen LogP contribution in [-0.2, 0) is 4.79 Å². The Balaban J connectivity index is 3.58. The van der Waals surface area contributed by atoms with Crippen LogP contribution in [-0.4, -0.2) is 30.0 Å². The molecule has 0 aromatic heterocycles. The van der Waals surface area contributed by atoms with Gasteiger partial charge in [-0.05, 0) is 29.8 Å². The van der Waals surface area contributed by atoms with Crippen molar-refractivity contribution in [2.75, 3.05) is 18.1 Å². The van der Waals surface area contributed by atoms with Gasteiger partial charge < -0.3 is 11.1 Å².